The lowest BCUT2D eigenvalue weighted by molar-refractivity contribution is 0.256. The molecular formula is C15H18N2O. The fourth-order valence-electron chi connectivity index (χ4n) is 2.28. The second-order valence-corrected chi connectivity index (χ2v) is 4.90. The number of rotatable bonds is 5. The molecule has 0 amide bonds. The van der Waals surface area contributed by atoms with Gasteiger partial charge in [-0.1, -0.05) is 6.07 Å². The van der Waals surface area contributed by atoms with Crippen molar-refractivity contribution in [2.75, 3.05) is 13.7 Å². The zero-order valence-electron chi connectivity index (χ0n) is 10.6. The highest BCUT2D eigenvalue weighted by Gasteiger charge is 2.30. The third kappa shape index (κ3) is 2.46. The molecule has 0 bridgehead atoms. The number of hydrogen-bond acceptors (Lipinski definition) is 3. The van der Waals surface area contributed by atoms with Crippen LogP contribution in [0, 0.1) is 5.92 Å². The van der Waals surface area contributed by atoms with Gasteiger partial charge in [0.15, 0.2) is 0 Å². The Kier molecular flexibility index (Phi) is 3.15. The molecule has 1 N–H and O–H groups in total. The van der Waals surface area contributed by atoms with Crippen LogP contribution < -0.4 is 10.1 Å². The second kappa shape index (κ2) is 4.94. The molecule has 0 radical (unpaired) electrons. The van der Waals surface area contributed by atoms with Crippen molar-refractivity contribution in [3.05, 3.63) is 36.5 Å². The first-order chi connectivity index (χ1) is 8.86. The minimum atomic E-state index is 0.476. The summed E-state index contributed by atoms with van der Waals surface area (Å²) < 4.78 is 5.87. The van der Waals surface area contributed by atoms with E-state index in [1.165, 1.54) is 12.8 Å². The summed E-state index contributed by atoms with van der Waals surface area (Å²) >= 11 is 0. The molecule has 1 saturated carbocycles. The van der Waals surface area contributed by atoms with E-state index in [0.717, 1.165) is 29.2 Å². The number of nitrogens with one attached hydrogen (secondary N) is 1. The van der Waals surface area contributed by atoms with Crippen LogP contribution in [-0.2, 0) is 0 Å². The molecule has 3 heteroatoms. The minimum absolute atomic E-state index is 0.476. The van der Waals surface area contributed by atoms with Gasteiger partial charge in [-0.05, 0) is 44.0 Å². The molecule has 94 valence electrons. The second-order valence-electron chi connectivity index (χ2n) is 4.90. The van der Waals surface area contributed by atoms with Crippen molar-refractivity contribution in [3.63, 3.8) is 0 Å². The molecule has 1 aromatic heterocycles. The molecular weight excluding hydrogens is 224 g/mol. The highest BCUT2D eigenvalue weighted by atomic mass is 16.5. The van der Waals surface area contributed by atoms with Crippen molar-refractivity contribution < 1.29 is 4.74 Å². The standard InChI is InChI=1S/C15H18N2O/c1-16-15(12-4-5-12)10-18-13-7-6-11-3-2-8-17-14(11)9-13/h2-3,6-9,12,15-16H,4-5,10H2,1H3. The monoisotopic (exact) mass is 242 g/mol. The molecule has 0 aliphatic heterocycles. The van der Waals surface area contributed by atoms with E-state index in [9.17, 15) is 0 Å². The van der Waals surface area contributed by atoms with Crippen molar-refractivity contribution in [3.8, 4) is 5.75 Å². The van der Waals surface area contributed by atoms with E-state index in [1.54, 1.807) is 0 Å². The van der Waals surface area contributed by atoms with E-state index in [4.69, 9.17) is 4.74 Å². The van der Waals surface area contributed by atoms with Crippen LogP contribution in [0.5, 0.6) is 5.75 Å². The van der Waals surface area contributed by atoms with Crippen LogP contribution in [0.1, 0.15) is 12.8 Å². The van der Waals surface area contributed by atoms with Crippen LogP contribution in [0.2, 0.25) is 0 Å². The summed E-state index contributed by atoms with van der Waals surface area (Å²) in [5.74, 6) is 1.70. The van der Waals surface area contributed by atoms with Crippen molar-refractivity contribution in [1.82, 2.24) is 10.3 Å². The zero-order chi connectivity index (χ0) is 12.4. The number of nitrogens with zero attached hydrogens (tertiary/aromatic N) is 1. The van der Waals surface area contributed by atoms with E-state index in [0.29, 0.717) is 6.04 Å². The van der Waals surface area contributed by atoms with Crippen molar-refractivity contribution >= 4 is 10.9 Å². The molecule has 2 aromatic rings. The summed E-state index contributed by atoms with van der Waals surface area (Å²) in [6.07, 6.45) is 4.47. The lowest BCUT2D eigenvalue weighted by atomic mass is 10.2. The average Bonchev–Trinajstić information content (AvgIpc) is 3.24. The van der Waals surface area contributed by atoms with E-state index >= 15 is 0 Å². The van der Waals surface area contributed by atoms with Gasteiger partial charge in [0.05, 0.1) is 5.52 Å². The molecule has 3 nitrogen and oxygen atoms in total. The van der Waals surface area contributed by atoms with E-state index in [1.807, 2.05) is 31.4 Å². The summed E-state index contributed by atoms with van der Waals surface area (Å²) in [4.78, 5) is 4.34. The lowest BCUT2D eigenvalue weighted by Crippen LogP contribution is -2.33. The van der Waals surface area contributed by atoms with Gasteiger partial charge in [0, 0.05) is 23.7 Å². The van der Waals surface area contributed by atoms with E-state index < -0.39 is 0 Å². The summed E-state index contributed by atoms with van der Waals surface area (Å²) in [6, 6.07) is 10.6. The molecule has 1 heterocycles. The normalized spacial score (nSPS) is 16.7. The number of fused-ring (bicyclic) bond motifs is 1. The number of benzene rings is 1. The molecule has 1 aromatic carbocycles. The Morgan fingerprint density at radius 2 is 2.28 bits per heavy atom. The van der Waals surface area contributed by atoms with Crippen LogP contribution >= 0.6 is 0 Å². The molecule has 18 heavy (non-hydrogen) atoms. The van der Waals surface area contributed by atoms with Crippen LogP contribution in [0.15, 0.2) is 36.5 Å². The number of ether oxygens (including phenoxy) is 1. The maximum atomic E-state index is 5.87. The van der Waals surface area contributed by atoms with E-state index in [-0.39, 0.29) is 0 Å². The first-order valence-electron chi connectivity index (χ1n) is 6.51. The van der Waals surface area contributed by atoms with Gasteiger partial charge < -0.3 is 10.1 Å². The highest BCUT2D eigenvalue weighted by Crippen LogP contribution is 2.32. The molecule has 1 fully saturated rings. The summed E-state index contributed by atoms with van der Waals surface area (Å²) in [6.45, 7) is 0.736. The largest absolute Gasteiger partial charge is 0.492 e. The smallest absolute Gasteiger partial charge is 0.121 e. The van der Waals surface area contributed by atoms with Gasteiger partial charge in [0.1, 0.15) is 12.4 Å². The van der Waals surface area contributed by atoms with Gasteiger partial charge in [-0.2, -0.15) is 0 Å². The number of aromatic nitrogens is 1. The maximum Gasteiger partial charge on any atom is 0.121 e. The topological polar surface area (TPSA) is 34.1 Å². The van der Waals surface area contributed by atoms with Crippen LogP contribution in [0.25, 0.3) is 10.9 Å². The van der Waals surface area contributed by atoms with Gasteiger partial charge in [0.2, 0.25) is 0 Å². The van der Waals surface area contributed by atoms with Gasteiger partial charge >= 0.3 is 0 Å². The Bertz CT molecular complexity index is 537. The molecule has 1 aliphatic rings. The highest BCUT2D eigenvalue weighted by molar-refractivity contribution is 5.79. The van der Waals surface area contributed by atoms with Crippen LogP contribution in [0.4, 0.5) is 0 Å². The fourth-order valence-corrected chi connectivity index (χ4v) is 2.28. The first kappa shape index (κ1) is 11.5. The Morgan fingerprint density at radius 1 is 1.39 bits per heavy atom. The Labute approximate surface area is 107 Å². The minimum Gasteiger partial charge on any atom is -0.492 e. The SMILES string of the molecule is CNC(COc1ccc2cccnc2c1)C1CC1. The zero-order valence-corrected chi connectivity index (χ0v) is 10.6. The number of hydrogen-bond donors (Lipinski definition) is 1. The quantitative estimate of drug-likeness (QED) is 0.875. The van der Waals surface area contributed by atoms with Gasteiger partial charge in [-0.15, -0.1) is 0 Å². The van der Waals surface area contributed by atoms with Crippen molar-refractivity contribution in [1.29, 1.82) is 0 Å². The number of likely N-dealkylation sites (N-methyl/N-ethyl adjacent to an activating group) is 1. The average molecular weight is 242 g/mol. The van der Waals surface area contributed by atoms with Gasteiger partial charge in [0.25, 0.3) is 0 Å². The van der Waals surface area contributed by atoms with Crippen molar-refractivity contribution in [2.24, 2.45) is 5.92 Å². The number of pyridine rings is 1. The van der Waals surface area contributed by atoms with Gasteiger partial charge in [-0.25, -0.2) is 0 Å². The summed E-state index contributed by atoms with van der Waals surface area (Å²) in [7, 11) is 2.01. The Hall–Kier alpha value is -1.61. The summed E-state index contributed by atoms with van der Waals surface area (Å²) in [5, 5.41) is 4.48. The molecule has 1 atom stereocenters. The predicted octanol–water partition coefficient (Wildman–Crippen LogP) is 2.61. The van der Waals surface area contributed by atoms with E-state index in [2.05, 4.69) is 22.4 Å². The third-order valence-corrected chi connectivity index (χ3v) is 3.57. The predicted molar refractivity (Wildman–Crippen MR) is 72.8 cm³/mol. The first-order valence-corrected chi connectivity index (χ1v) is 6.51. The van der Waals surface area contributed by atoms with Crippen molar-refractivity contribution in [2.45, 2.75) is 18.9 Å². The fraction of sp³-hybridized carbons (Fsp3) is 0.400. The molecule has 0 spiro atoms. The van der Waals surface area contributed by atoms with Crippen LogP contribution in [-0.4, -0.2) is 24.7 Å². The summed E-state index contributed by atoms with van der Waals surface area (Å²) in [5.41, 5.74) is 0.988. The molecule has 1 aliphatic carbocycles. The molecule has 3 rings (SSSR count). The maximum absolute atomic E-state index is 5.87. The molecule has 0 saturated heterocycles. The lowest BCUT2D eigenvalue weighted by Gasteiger charge is -2.16. The molecule has 1 unspecified atom stereocenters. The third-order valence-electron chi connectivity index (χ3n) is 3.57. The Morgan fingerprint density at radius 3 is 3.06 bits per heavy atom. The van der Waals surface area contributed by atoms with Crippen LogP contribution in [0.3, 0.4) is 0 Å². The van der Waals surface area contributed by atoms with Gasteiger partial charge in [-0.3, -0.25) is 4.98 Å². The Balaban J connectivity index is 1.70.